The molecule has 1 aliphatic rings. The molecule has 2 aromatic carbocycles. The lowest BCUT2D eigenvalue weighted by Gasteiger charge is -2.28. The number of amides is 1. The van der Waals surface area contributed by atoms with Gasteiger partial charge in [0.1, 0.15) is 6.04 Å². The van der Waals surface area contributed by atoms with E-state index >= 15 is 0 Å². The van der Waals surface area contributed by atoms with E-state index in [9.17, 15) is 18.0 Å². The molecule has 0 saturated carbocycles. The van der Waals surface area contributed by atoms with E-state index in [-0.39, 0.29) is 18.9 Å². The van der Waals surface area contributed by atoms with Crippen LogP contribution in [0.4, 0.5) is 0 Å². The van der Waals surface area contributed by atoms with Crippen molar-refractivity contribution in [1.29, 1.82) is 0 Å². The number of benzene rings is 2. The van der Waals surface area contributed by atoms with Gasteiger partial charge >= 0.3 is 5.97 Å². The first-order valence-corrected chi connectivity index (χ1v) is 11.0. The summed E-state index contributed by atoms with van der Waals surface area (Å²) < 4.78 is 33.0. The van der Waals surface area contributed by atoms with E-state index in [0.29, 0.717) is 0 Å². The van der Waals surface area contributed by atoms with Crippen molar-refractivity contribution in [2.24, 2.45) is 0 Å². The van der Waals surface area contributed by atoms with Crippen molar-refractivity contribution in [3.05, 3.63) is 71.8 Å². The summed E-state index contributed by atoms with van der Waals surface area (Å²) in [6.45, 7) is -0.0121. The van der Waals surface area contributed by atoms with Gasteiger partial charge < -0.3 is 9.64 Å². The van der Waals surface area contributed by atoms with Crippen molar-refractivity contribution in [2.75, 3.05) is 19.9 Å². The summed E-state index contributed by atoms with van der Waals surface area (Å²) in [6, 6.07) is 17.6. The average Bonchev–Trinajstić information content (AvgIpc) is 3.11. The molecular weight excluding hydrogens is 394 g/mol. The maximum Gasteiger partial charge on any atom is 0.328 e. The third-order valence-electron chi connectivity index (χ3n) is 4.84. The van der Waals surface area contributed by atoms with Crippen molar-refractivity contribution in [3.63, 3.8) is 0 Å². The monoisotopic (exact) mass is 417 g/mol. The highest BCUT2D eigenvalue weighted by atomic mass is 32.2. The van der Waals surface area contributed by atoms with Crippen LogP contribution in [0.2, 0.25) is 0 Å². The maximum absolute atomic E-state index is 13.6. The number of carbonyl (C=O) groups excluding carboxylic acids is 2. The number of hydrogen-bond acceptors (Lipinski definition) is 6. The van der Waals surface area contributed by atoms with E-state index < -0.39 is 34.2 Å². The Morgan fingerprint density at radius 3 is 1.97 bits per heavy atom. The maximum atomic E-state index is 13.6. The molecule has 0 radical (unpaired) electrons. The van der Waals surface area contributed by atoms with Crippen LogP contribution in [0.25, 0.3) is 0 Å². The standard InChI is InChI=1S/C21H23NO6S/c1-27-21(24)18-13-17(28-29(2,25)26)14-22(18)20(23)19(15-9-5-3-6-10-15)16-11-7-4-8-12-16/h3-12,17-19H,13-14H2,1-2H3/t17-,18-/m0/s1. The molecule has 0 bridgehead atoms. The van der Waals surface area contributed by atoms with E-state index in [4.69, 9.17) is 8.92 Å². The average molecular weight is 417 g/mol. The molecular formula is C21H23NO6S. The van der Waals surface area contributed by atoms with Crippen molar-refractivity contribution in [2.45, 2.75) is 24.5 Å². The van der Waals surface area contributed by atoms with Crippen molar-refractivity contribution in [1.82, 2.24) is 4.90 Å². The zero-order valence-corrected chi connectivity index (χ0v) is 17.0. The summed E-state index contributed by atoms with van der Waals surface area (Å²) in [5.41, 5.74) is 1.56. The van der Waals surface area contributed by atoms with Crippen LogP contribution in [-0.2, 0) is 28.6 Å². The van der Waals surface area contributed by atoms with Gasteiger partial charge in [0.05, 0.1) is 25.4 Å². The quantitative estimate of drug-likeness (QED) is 0.527. The van der Waals surface area contributed by atoms with Gasteiger partial charge in [-0.25, -0.2) is 4.79 Å². The van der Waals surface area contributed by atoms with Gasteiger partial charge in [-0.3, -0.25) is 8.98 Å². The number of likely N-dealkylation sites (tertiary alicyclic amines) is 1. The van der Waals surface area contributed by atoms with E-state index in [1.54, 1.807) is 0 Å². The van der Waals surface area contributed by atoms with Crippen LogP contribution in [0.1, 0.15) is 23.5 Å². The Bertz CT molecular complexity index is 922. The second-order valence-corrected chi connectivity index (χ2v) is 8.54. The summed E-state index contributed by atoms with van der Waals surface area (Å²) in [6.07, 6.45) is 0.202. The highest BCUT2D eigenvalue weighted by Crippen LogP contribution is 2.31. The van der Waals surface area contributed by atoms with E-state index in [0.717, 1.165) is 17.4 Å². The molecule has 1 saturated heterocycles. The van der Waals surface area contributed by atoms with Gasteiger partial charge in [0, 0.05) is 13.0 Å². The lowest BCUT2D eigenvalue weighted by Crippen LogP contribution is -2.43. The molecule has 0 aromatic heterocycles. The Hall–Kier alpha value is -2.71. The molecule has 1 heterocycles. The zero-order valence-electron chi connectivity index (χ0n) is 16.2. The van der Waals surface area contributed by atoms with Gasteiger partial charge in [-0.1, -0.05) is 60.7 Å². The number of nitrogens with zero attached hydrogens (tertiary/aromatic N) is 1. The minimum absolute atomic E-state index is 0.0121. The minimum atomic E-state index is -3.73. The summed E-state index contributed by atoms with van der Waals surface area (Å²) in [5.74, 6) is -1.54. The Kier molecular flexibility index (Phi) is 6.34. The topological polar surface area (TPSA) is 90.0 Å². The number of carbonyl (C=O) groups is 2. The van der Waals surface area contributed by atoms with Gasteiger partial charge in [0.25, 0.3) is 10.1 Å². The number of ether oxygens (including phenoxy) is 1. The number of methoxy groups -OCH3 is 1. The molecule has 0 unspecified atom stereocenters. The SMILES string of the molecule is COC(=O)[C@@H]1C[C@H](OS(C)(=O)=O)CN1C(=O)C(c1ccccc1)c1ccccc1. The fourth-order valence-electron chi connectivity index (χ4n) is 3.65. The van der Waals surface area contributed by atoms with Crippen molar-refractivity contribution in [3.8, 4) is 0 Å². The molecule has 2 atom stereocenters. The second kappa shape index (κ2) is 8.75. The van der Waals surface area contributed by atoms with E-state index in [2.05, 4.69) is 0 Å². The molecule has 0 aliphatic carbocycles. The first-order chi connectivity index (χ1) is 13.8. The number of hydrogen-bond donors (Lipinski definition) is 0. The van der Waals surface area contributed by atoms with Crippen LogP contribution in [0, 0.1) is 0 Å². The normalized spacial score (nSPS) is 19.3. The van der Waals surface area contributed by atoms with Gasteiger partial charge in [0.15, 0.2) is 0 Å². The summed E-state index contributed by atoms with van der Waals surface area (Å²) in [5, 5.41) is 0. The molecule has 3 rings (SSSR count). The molecule has 1 amide bonds. The first kappa shape index (κ1) is 21.0. The Labute approximate surface area is 170 Å². The van der Waals surface area contributed by atoms with Gasteiger partial charge in [-0.2, -0.15) is 8.42 Å². The smallest absolute Gasteiger partial charge is 0.328 e. The second-order valence-electron chi connectivity index (χ2n) is 6.94. The van der Waals surface area contributed by atoms with Gasteiger partial charge in [-0.15, -0.1) is 0 Å². The van der Waals surface area contributed by atoms with Crippen LogP contribution in [0.15, 0.2) is 60.7 Å². The minimum Gasteiger partial charge on any atom is -0.467 e. The van der Waals surface area contributed by atoms with Crippen LogP contribution < -0.4 is 0 Å². The Morgan fingerprint density at radius 2 is 1.52 bits per heavy atom. The summed E-state index contributed by atoms with van der Waals surface area (Å²) >= 11 is 0. The largest absolute Gasteiger partial charge is 0.467 e. The summed E-state index contributed by atoms with van der Waals surface area (Å²) in [4.78, 5) is 27.3. The zero-order chi connectivity index (χ0) is 21.0. The summed E-state index contributed by atoms with van der Waals surface area (Å²) in [7, 11) is -2.49. The lowest BCUT2D eigenvalue weighted by atomic mass is 9.90. The predicted molar refractivity (Wildman–Crippen MR) is 107 cm³/mol. The Balaban J connectivity index is 1.97. The first-order valence-electron chi connectivity index (χ1n) is 9.16. The van der Waals surface area contributed by atoms with Crippen LogP contribution in [0.3, 0.4) is 0 Å². The number of esters is 1. The van der Waals surface area contributed by atoms with E-state index in [1.165, 1.54) is 12.0 Å². The molecule has 0 N–H and O–H groups in total. The molecule has 154 valence electrons. The van der Waals surface area contributed by atoms with Gasteiger partial charge in [0.2, 0.25) is 5.91 Å². The Morgan fingerprint density at radius 1 is 1.00 bits per heavy atom. The number of rotatable bonds is 6. The molecule has 0 spiro atoms. The van der Waals surface area contributed by atoms with Gasteiger partial charge in [-0.05, 0) is 11.1 Å². The highest BCUT2D eigenvalue weighted by Gasteiger charge is 2.44. The molecule has 1 fully saturated rings. The molecule has 1 aliphatic heterocycles. The fourth-order valence-corrected chi connectivity index (χ4v) is 4.29. The molecule has 8 heteroatoms. The fraction of sp³-hybridized carbons (Fsp3) is 0.333. The van der Waals surface area contributed by atoms with Crippen LogP contribution in [0.5, 0.6) is 0 Å². The molecule has 2 aromatic rings. The van der Waals surface area contributed by atoms with Crippen LogP contribution >= 0.6 is 0 Å². The van der Waals surface area contributed by atoms with Crippen molar-refractivity contribution < 1.29 is 26.9 Å². The van der Waals surface area contributed by atoms with E-state index in [1.807, 2.05) is 60.7 Å². The molecule has 7 nitrogen and oxygen atoms in total. The third-order valence-corrected chi connectivity index (χ3v) is 5.46. The lowest BCUT2D eigenvalue weighted by molar-refractivity contribution is -0.151. The van der Waals surface area contributed by atoms with Crippen molar-refractivity contribution >= 4 is 22.0 Å². The predicted octanol–water partition coefficient (Wildman–Crippen LogP) is 1.94. The third kappa shape index (κ3) is 5.02. The highest BCUT2D eigenvalue weighted by molar-refractivity contribution is 7.86. The van der Waals surface area contributed by atoms with Crippen LogP contribution in [-0.4, -0.2) is 57.3 Å². The molecule has 29 heavy (non-hydrogen) atoms.